The van der Waals surface area contributed by atoms with E-state index in [0.29, 0.717) is 5.92 Å². The minimum atomic E-state index is -0.857. The first kappa shape index (κ1) is 17.1. The van der Waals surface area contributed by atoms with Gasteiger partial charge in [0.25, 0.3) is 0 Å². The summed E-state index contributed by atoms with van der Waals surface area (Å²) in [5, 5.41) is 0. The molecule has 5 heteroatoms. The first-order valence-electron chi connectivity index (χ1n) is 7.10. The Kier molecular flexibility index (Phi) is 6.85. The summed E-state index contributed by atoms with van der Waals surface area (Å²) in [5.41, 5.74) is -0.466. The highest BCUT2D eigenvalue weighted by Gasteiger charge is 2.23. The fourth-order valence-electron chi connectivity index (χ4n) is 1.84. The predicted octanol–water partition coefficient (Wildman–Crippen LogP) is 3.60. The van der Waals surface area contributed by atoms with Crippen molar-refractivity contribution in [3.05, 3.63) is 35.1 Å². The third-order valence-corrected chi connectivity index (χ3v) is 2.87. The fraction of sp³-hybridized carbons (Fsp3) is 0.500. The van der Waals surface area contributed by atoms with Gasteiger partial charge >= 0.3 is 11.9 Å². The molecule has 4 nitrogen and oxygen atoms in total. The summed E-state index contributed by atoms with van der Waals surface area (Å²) in [5.74, 6) is -1.83. The van der Waals surface area contributed by atoms with Gasteiger partial charge in [-0.3, -0.25) is 0 Å². The Morgan fingerprint density at radius 3 is 2.52 bits per heavy atom. The molecule has 0 aliphatic rings. The highest BCUT2D eigenvalue weighted by Crippen LogP contribution is 2.16. The van der Waals surface area contributed by atoms with Gasteiger partial charge in [-0.05, 0) is 37.8 Å². The molecule has 0 amide bonds. The smallest absolute Gasteiger partial charge is 0.342 e. The summed E-state index contributed by atoms with van der Waals surface area (Å²) in [4.78, 5) is 23.7. The number of carbonyl (C=O) groups is 2. The van der Waals surface area contributed by atoms with Crippen molar-refractivity contribution in [1.82, 2.24) is 0 Å². The molecule has 0 saturated carbocycles. The molecule has 0 saturated heterocycles. The minimum Gasteiger partial charge on any atom is -0.462 e. The molecule has 0 radical (unpaired) electrons. The SMILES string of the molecule is CCOC(=O)c1c(F)cccc1C(=O)OCCCC(C)C. The molecular formula is C16H21FO4. The molecule has 0 aromatic heterocycles. The second-order valence-corrected chi connectivity index (χ2v) is 5.05. The Bertz CT molecular complexity index is 497. The van der Waals surface area contributed by atoms with Crippen LogP contribution >= 0.6 is 0 Å². The molecule has 1 aromatic rings. The average Bonchev–Trinajstić information content (AvgIpc) is 2.43. The lowest BCUT2D eigenvalue weighted by Crippen LogP contribution is -2.16. The Labute approximate surface area is 124 Å². The van der Waals surface area contributed by atoms with Gasteiger partial charge in [0.15, 0.2) is 0 Å². The molecule has 0 spiro atoms. The van der Waals surface area contributed by atoms with E-state index in [9.17, 15) is 14.0 Å². The molecule has 21 heavy (non-hydrogen) atoms. The predicted molar refractivity (Wildman–Crippen MR) is 76.7 cm³/mol. The van der Waals surface area contributed by atoms with E-state index in [1.165, 1.54) is 12.1 Å². The maximum atomic E-state index is 13.8. The summed E-state index contributed by atoms with van der Waals surface area (Å²) in [6.07, 6.45) is 1.66. The second-order valence-electron chi connectivity index (χ2n) is 5.05. The molecule has 0 atom stereocenters. The van der Waals surface area contributed by atoms with E-state index in [-0.39, 0.29) is 24.3 Å². The monoisotopic (exact) mass is 296 g/mol. The summed E-state index contributed by atoms with van der Waals surface area (Å²) < 4.78 is 23.6. The van der Waals surface area contributed by atoms with Crippen molar-refractivity contribution in [2.45, 2.75) is 33.6 Å². The van der Waals surface area contributed by atoms with Crippen LogP contribution in [0, 0.1) is 11.7 Å². The van der Waals surface area contributed by atoms with E-state index < -0.39 is 17.8 Å². The Balaban J connectivity index is 2.79. The van der Waals surface area contributed by atoms with Gasteiger partial charge in [0.2, 0.25) is 0 Å². The molecule has 116 valence electrons. The lowest BCUT2D eigenvalue weighted by atomic mass is 10.1. The Morgan fingerprint density at radius 2 is 1.90 bits per heavy atom. The zero-order chi connectivity index (χ0) is 15.8. The summed E-state index contributed by atoms with van der Waals surface area (Å²) in [6.45, 7) is 6.12. The van der Waals surface area contributed by atoms with Crippen LogP contribution in [0.15, 0.2) is 18.2 Å². The van der Waals surface area contributed by atoms with Crippen molar-refractivity contribution < 1.29 is 23.5 Å². The van der Waals surface area contributed by atoms with Gasteiger partial charge in [-0.1, -0.05) is 19.9 Å². The molecule has 0 heterocycles. The number of hydrogen-bond donors (Lipinski definition) is 0. The maximum absolute atomic E-state index is 13.8. The van der Waals surface area contributed by atoms with E-state index >= 15 is 0 Å². The topological polar surface area (TPSA) is 52.6 Å². The highest BCUT2D eigenvalue weighted by atomic mass is 19.1. The van der Waals surface area contributed by atoms with Gasteiger partial charge in [-0.25, -0.2) is 14.0 Å². The van der Waals surface area contributed by atoms with Crippen LogP contribution in [-0.2, 0) is 9.47 Å². The number of benzene rings is 1. The zero-order valence-electron chi connectivity index (χ0n) is 12.6. The zero-order valence-corrected chi connectivity index (χ0v) is 12.6. The highest BCUT2D eigenvalue weighted by molar-refractivity contribution is 6.03. The van der Waals surface area contributed by atoms with E-state index in [1.807, 2.05) is 0 Å². The van der Waals surface area contributed by atoms with Crippen LogP contribution in [0.2, 0.25) is 0 Å². The van der Waals surface area contributed by atoms with Crippen molar-refractivity contribution in [1.29, 1.82) is 0 Å². The summed E-state index contributed by atoms with van der Waals surface area (Å²) >= 11 is 0. The second kappa shape index (κ2) is 8.39. The lowest BCUT2D eigenvalue weighted by molar-refractivity contribution is 0.0457. The van der Waals surface area contributed by atoms with Crippen molar-refractivity contribution >= 4 is 11.9 Å². The standard InChI is InChI=1S/C16H21FO4/c1-4-20-16(19)14-12(8-5-9-13(14)17)15(18)21-10-6-7-11(2)3/h5,8-9,11H,4,6-7,10H2,1-3H3. The van der Waals surface area contributed by atoms with Gasteiger partial charge in [0.05, 0.1) is 18.8 Å². The minimum absolute atomic E-state index is 0.0991. The van der Waals surface area contributed by atoms with E-state index in [2.05, 4.69) is 13.8 Å². The van der Waals surface area contributed by atoms with Crippen LogP contribution in [0.3, 0.4) is 0 Å². The third-order valence-electron chi connectivity index (χ3n) is 2.87. The molecule has 1 aromatic carbocycles. The number of rotatable bonds is 7. The lowest BCUT2D eigenvalue weighted by Gasteiger charge is -2.10. The molecule has 0 aliphatic heterocycles. The van der Waals surface area contributed by atoms with Crippen molar-refractivity contribution in [3.63, 3.8) is 0 Å². The van der Waals surface area contributed by atoms with Crippen LogP contribution < -0.4 is 0 Å². The molecule has 0 N–H and O–H groups in total. The first-order valence-corrected chi connectivity index (χ1v) is 7.10. The number of esters is 2. The number of ether oxygens (including phenoxy) is 2. The Morgan fingerprint density at radius 1 is 1.19 bits per heavy atom. The quantitative estimate of drug-likeness (QED) is 0.570. The first-order chi connectivity index (χ1) is 9.97. The van der Waals surface area contributed by atoms with Gasteiger partial charge < -0.3 is 9.47 Å². The fourth-order valence-corrected chi connectivity index (χ4v) is 1.84. The average molecular weight is 296 g/mol. The van der Waals surface area contributed by atoms with Gasteiger partial charge in [0.1, 0.15) is 11.4 Å². The normalized spacial score (nSPS) is 10.5. The summed E-state index contributed by atoms with van der Waals surface area (Å²) in [6, 6.07) is 3.84. The van der Waals surface area contributed by atoms with Gasteiger partial charge in [-0.2, -0.15) is 0 Å². The maximum Gasteiger partial charge on any atom is 0.342 e. The van der Waals surface area contributed by atoms with Crippen molar-refractivity contribution in [3.8, 4) is 0 Å². The van der Waals surface area contributed by atoms with Crippen LogP contribution in [0.5, 0.6) is 0 Å². The van der Waals surface area contributed by atoms with Gasteiger partial charge in [-0.15, -0.1) is 0 Å². The van der Waals surface area contributed by atoms with Crippen LogP contribution in [0.1, 0.15) is 54.3 Å². The molecule has 0 unspecified atom stereocenters. The molecular weight excluding hydrogens is 275 g/mol. The molecule has 0 bridgehead atoms. The number of halogens is 1. The van der Waals surface area contributed by atoms with Crippen molar-refractivity contribution in [2.24, 2.45) is 5.92 Å². The van der Waals surface area contributed by atoms with Crippen LogP contribution in [0.4, 0.5) is 4.39 Å². The molecule has 1 rings (SSSR count). The van der Waals surface area contributed by atoms with E-state index in [1.54, 1.807) is 6.92 Å². The number of carbonyl (C=O) groups excluding carboxylic acids is 2. The molecule has 0 fully saturated rings. The molecule has 0 aliphatic carbocycles. The Hall–Kier alpha value is -1.91. The summed E-state index contributed by atoms with van der Waals surface area (Å²) in [7, 11) is 0. The van der Waals surface area contributed by atoms with Gasteiger partial charge in [0, 0.05) is 0 Å². The largest absolute Gasteiger partial charge is 0.462 e. The van der Waals surface area contributed by atoms with E-state index in [0.717, 1.165) is 18.9 Å². The third kappa shape index (κ3) is 5.17. The van der Waals surface area contributed by atoms with Crippen LogP contribution in [0.25, 0.3) is 0 Å². The van der Waals surface area contributed by atoms with Crippen molar-refractivity contribution in [2.75, 3.05) is 13.2 Å². The van der Waals surface area contributed by atoms with E-state index in [4.69, 9.17) is 9.47 Å². The number of hydrogen-bond acceptors (Lipinski definition) is 4. The van der Waals surface area contributed by atoms with Crippen LogP contribution in [-0.4, -0.2) is 25.2 Å².